The molecule has 15 heavy (non-hydrogen) atoms. The maximum atomic E-state index is 11.1. The summed E-state index contributed by atoms with van der Waals surface area (Å²) < 4.78 is 0. The number of carbonyl (C=O) groups excluding carboxylic acids is 1. The zero-order valence-corrected chi connectivity index (χ0v) is 11.3. The molecule has 0 aromatic rings. The molecule has 2 nitrogen and oxygen atoms in total. The van der Waals surface area contributed by atoms with Gasteiger partial charge in [0, 0.05) is 17.7 Å². The maximum Gasteiger partial charge on any atom is 0.219 e. The molecular formula is C12H25NOS. The lowest BCUT2D eigenvalue weighted by atomic mass is 9.95. The van der Waals surface area contributed by atoms with E-state index in [1.807, 2.05) is 32.5 Å². The van der Waals surface area contributed by atoms with E-state index < -0.39 is 0 Å². The summed E-state index contributed by atoms with van der Waals surface area (Å²) in [6.07, 6.45) is 7.64. The number of thioether (sulfide) groups is 1. The predicted molar refractivity (Wildman–Crippen MR) is 69.3 cm³/mol. The minimum Gasteiger partial charge on any atom is -0.353 e. The van der Waals surface area contributed by atoms with Gasteiger partial charge in [-0.25, -0.2) is 0 Å². The monoisotopic (exact) mass is 231 g/mol. The summed E-state index contributed by atoms with van der Waals surface area (Å²) in [5.41, 5.74) is 0. The summed E-state index contributed by atoms with van der Waals surface area (Å²) in [7, 11) is 0. The molecule has 1 amide bonds. The standard InChI is InChI=1S/C10H19NOS.C2H6/c1-3-10(12)11-8-4-6-9(13-2)7-5-8;1-2/h8-9H,3-7H2,1-2H3,(H,11,12);1-2H3. The number of rotatable bonds is 3. The molecular weight excluding hydrogens is 206 g/mol. The van der Waals surface area contributed by atoms with Gasteiger partial charge in [0.15, 0.2) is 0 Å². The van der Waals surface area contributed by atoms with Crippen molar-refractivity contribution in [3.05, 3.63) is 0 Å². The predicted octanol–water partition coefficient (Wildman–Crippen LogP) is 3.21. The molecule has 90 valence electrons. The second-order valence-electron chi connectivity index (χ2n) is 3.63. The lowest BCUT2D eigenvalue weighted by Gasteiger charge is -2.27. The Labute approximate surface area is 98.6 Å². The number of carbonyl (C=O) groups is 1. The number of amides is 1. The summed E-state index contributed by atoms with van der Waals surface area (Å²) in [6.45, 7) is 5.91. The Kier molecular flexibility index (Phi) is 8.97. The van der Waals surface area contributed by atoms with Crippen molar-refractivity contribution in [2.24, 2.45) is 0 Å². The van der Waals surface area contributed by atoms with E-state index in [2.05, 4.69) is 11.6 Å². The maximum absolute atomic E-state index is 11.1. The minimum absolute atomic E-state index is 0.201. The van der Waals surface area contributed by atoms with Gasteiger partial charge in [-0.3, -0.25) is 4.79 Å². The average Bonchev–Trinajstić information content (AvgIpc) is 2.32. The SMILES string of the molecule is CC.CCC(=O)NC1CCC(SC)CC1. The van der Waals surface area contributed by atoms with E-state index in [4.69, 9.17) is 0 Å². The van der Waals surface area contributed by atoms with Gasteiger partial charge >= 0.3 is 0 Å². The van der Waals surface area contributed by atoms with E-state index in [1.165, 1.54) is 12.8 Å². The smallest absolute Gasteiger partial charge is 0.219 e. The highest BCUT2D eigenvalue weighted by molar-refractivity contribution is 7.99. The molecule has 0 saturated heterocycles. The number of nitrogens with one attached hydrogen (secondary N) is 1. The van der Waals surface area contributed by atoms with Gasteiger partial charge in [0.1, 0.15) is 0 Å². The van der Waals surface area contributed by atoms with Crippen LogP contribution in [-0.4, -0.2) is 23.5 Å². The Hall–Kier alpha value is -0.180. The van der Waals surface area contributed by atoms with Crippen LogP contribution in [0.3, 0.4) is 0 Å². The van der Waals surface area contributed by atoms with E-state index in [9.17, 15) is 4.79 Å². The molecule has 0 aromatic heterocycles. The average molecular weight is 231 g/mol. The van der Waals surface area contributed by atoms with Crippen molar-refractivity contribution < 1.29 is 4.79 Å². The first kappa shape index (κ1) is 14.8. The molecule has 1 aliphatic rings. The molecule has 0 bridgehead atoms. The molecule has 1 fully saturated rings. The Morgan fingerprint density at radius 3 is 2.20 bits per heavy atom. The highest BCUT2D eigenvalue weighted by atomic mass is 32.2. The topological polar surface area (TPSA) is 29.1 Å². The zero-order chi connectivity index (χ0) is 11.7. The molecule has 1 saturated carbocycles. The van der Waals surface area contributed by atoms with E-state index in [0.717, 1.165) is 18.1 Å². The molecule has 1 N–H and O–H groups in total. The van der Waals surface area contributed by atoms with Crippen LogP contribution in [-0.2, 0) is 4.79 Å². The van der Waals surface area contributed by atoms with Crippen LogP contribution in [0.5, 0.6) is 0 Å². The molecule has 1 aliphatic carbocycles. The van der Waals surface area contributed by atoms with Crippen LogP contribution < -0.4 is 5.32 Å². The van der Waals surface area contributed by atoms with Crippen LogP contribution in [0.4, 0.5) is 0 Å². The fraction of sp³-hybridized carbons (Fsp3) is 0.917. The van der Waals surface area contributed by atoms with E-state index in [-0.39, 0.29) is 5.91 Å². The summed E-state index contributed by atoms with van der Waals surface area (Å²) >= 11 is 1.96. The largest absolute Gasteiger partial charge is 0.353 e. The Morgan fingerprint density at radius 2 is 1.80 bits per heavy atom. The second kappa shape index (κ2) is 9.08. The fourth-order valence-corrected chi connectivity index (χ4v) is 2.52. The zero-order valence-electron chi connectivity index (χ0n) is 10.5. The summed E-state index contributed by atoms with van der Waals surface area (Å²) in [4.78, 5) is 11.1. The Balaban J connectivity index is 0.000000921. The summed E-state index contributed by atoms with van der Waals surface area (Å²) in [5.74, 6) is 0.201. The quantitative estimate of drug-likeness (QED) is 0.808. The van der Waals surface area contributed by atoms with Crippen LogP contribution in [0, 0.1) is 0 Å². The minimum atomic E-state index is 0.201. The van der Waals surface area contributed by atoms with Crippen LogP contribution >= 0.6 is 11.8 Å². The van der Waals surface area contributed by atoms with Crippen molar-refractivity contribution in [2.75, 3.05) is 6.26 Å². The van der Waals surface area contributed by atoms with Crippen LogP contribution in [0.15, 0.2) is 0 Å². The first-order valence-corrected chi connectivity index (χ1v) is 7.37. The van der Waals surface area contributed by atoms with Crippen molar-refractivity contribution in [3.8, 4) is 0 Å². The van der Waals surface area contributed by atoms with Crippen LogP contribution in [0.2, 0.25) is 0 Å². The van der Waals surface area contributed by atoms with Gasteiger partial charge in [0.05, 0.1) is 0 Å². The van der Waals surface area contributed by atoms with E-state index in [1.54, 1.807) is 0 Å². The molecule has 0 spiro atoms. The fourth-order valence-electron chi connectivity index (χ4n) is 1.77. The van der Waals surface area contributed by atoms with Gasteiger partial charge in [-0.2, -0.15) is 11.8 Å². The molecule has 0 radical (unpaired) electrons. The lowest BCUT2D eigenvalue weighted by Crippen LogP contribution is -2.37. The van der Waals surface area contributed by atoms with Gasteiger partial charge in [-0.15, -0.1) is 0 Å². The lowest BCUT2D eigenvalue weighted by molar-refractivity contribution is -0.121. The van der Waals surface area contributed by atoms with Crippen molar-refractivity contribution in [1.82, 2.24) is 5.32 Å². The van der Waals surface area contributed by atoms with Crippen molar-refractivity contribution in [3.63, 3.8) is 0 Å². The van der Waals surface area contributed by atoms with Crippen LogP contribution in [0.25, 0.3) is 0 Å². The molecule has 3 heteroatoms. The number of hydrogen-bond acceptors (Lipinski definition) is 2. The molecule has 0 atom stereocenters. The highest BCUT2D eigenvalue weighted by Crippen LogP contribution is 2.26. The van der Waals surface area contributed by atoms with Crippen LogP contribution in [0.1, 0.15) is 52.9 Å². The third kappa shape index (κ3) is 6.08. The first-order chi connectivity index (χ1) is 7.26. The van der Waals surface area contributed by atoms with E-state index >= 15 is 0 Å². The molecule has 0 aromatic carbocycles. The van der Waals surface area contributed by atoms with E-state index in [0.29, 0.717) is 12.5 Å². The van der Waals surface area contributed by atoms with Crippen molar-refractivity contribution in [2.45, 2.75) is 64.2 Å². The van der Waals surface area contributed by atoms with Gasteiger partial charge in [-0.05, 0) is 31.9 Å². The second-order valence-corrected chi connectivity index (χ2v) is 4.77. The van der Waals surface area contributed by atoms with Gasteiger partial charge in [0.2, 0.25) is 5.91 Å². The molecule has 0 aliphatic heterocycles. The Morgan fingerprint density at radius 1 is 1.27 bits per heavy atom. The van der Waals surface area contributed by atoms with Crippen molar-refractivity contribution >= 4 is 17.7 Å². The third-order valence-electron chi connectivity index (χ3n) is 2.69. The van der Waals surface area contributed by atoms with Crippen molar-refractivity contribution in [1.29, 1.82) is 0 Å². The van der Waals surface area contributed by atoms with Gasteiger partial charge < -0.3 is 5.32 Å². The molecule has 0 unspecified atom stereocenters. The third-order valence-corrected chi connectivity index (χ3v) is 3.83. The van der Waals surface area contributed by atoms with Gasteiger partial charge in [-0.1, -0.05) is 20.8 Å². The van der Waals surface area contributed by atoms with Gasteiger partial charge in [0.25, 0.3) is 0 Å². The molecule has 1 rings (SSSR count). The highest BCUT2D eigenvalue weighted by Gasteiger charge is 2.20. The summed E-state index contributed by atoms with van der Waals surface area (Å²) in [6, 6.07) is 0.454. The summed E-state index contributed by atoms with van der Waals surface area (Å²) in [5, 5.41) is 3.89. The molecule has 0 heterocycles. The normalized spacial score (nSPS) is 25.1. The Bertz CT molecular complexity index is 165. The number of hydrogen-bond donors (Lipinski definition) is 1. The first-order valence-electron chi connectivity index (χ1n) is 6.08.